The molecule has 21 heavy (non-hydrogen) atoms. The fourth-order valence-corrected chi connectivity index (χ4v) is 2.23. The molecule has 0 aliphatic carbocycles. The third-order valence-electron chi connectivity index (χ3n) is 3.09. The number of halogens is 1. The number of aliphatic hydroxyl groups is 1. The molecule has 2 aromatic rings. The van der Waals surface area contributed by atoms with Gasteiger partial charge in [-0.05, 0) is 46.1 Å². The molecule has 3 N–H and O–H groups in total. The number of hydrogen-bond donors (Lipinski definition) is 3. The second-order valence-corrected chi connectivity index (χ2v) is 5.56. The topological polar surface area (TPSA) is 69.6 Å². The van der Waals surface area contributed by atoms with E-state index in [0.29, 0.717) is 16.5 Å². The average Bonchev–Trinajstić information content (AvgIpc) is 2.50. The Kier molecular flexibility index (Phi) is 5.36. The maximum absolute atomic E-state index is 12.1. The number of nitrogens with one attached hydrogen (secondary N) is 1. The second-order valence-electron chi connectivity index (χ2n) is 4.71. The van der Waals surface area contributed by atoms with Crippen molar-refractivity contribution in [1.29, 1.82) is 0 Å². The summed E-state index contributed by atoms with van der Waals surface area (Å²) in [6.07, 6.45) is 0.547. The summed E-state index contributed by atoms with van der Waals surface area (Å²) in [5, 5.41) is 21.8. The van der Waals surface area contributed by atoms with Crippen molar-refractivity contribution in [1.82, 2.24) is 5.32 Å². The van der Waals surface area contributed by atoms with Crippen LogP contribution in [0, 0.1) is 0 Å². The summed E-state index contributed by atoms with van der Waals surface area (Å²) in [6.45, 7) is -0.150. The lowest BCUT2D eigenvalue weighted by molar-refractivity contribution is 0.0916. The zero-order valence-corrected chi connectivity index (χ0v) is 12.9. The van der Waals surface area contributed by atoms with E-state index < -0.39 is 0 Å². The minimum absolute atomic E-state index is 0.00579. The first kappa shape index (κ1) is 15.5. The minimum atomic E-state index is -0.370. The van der Waals surface area contributed by atoms with Crippen molar-refractivity contribution in [2.24, 2.45) is 0 Å². The summed E-state index contributed by atoms with van der Waals surface area (Å²) in [7, 11) is 0. The van der Waals surface area contributed by atoms with Gasteiger partial charge in [0, 0.05) is 5.56 Å². The predicted octanol–water partition coefficient (Wildman–Crippen LogP) is 2.49. The number of phenols is 1. The predicted molar refractivity (Wildman–Crippen MR) is 84.3 cm³/mol. The Morgan fingerprint density at radius 1 is 1.19 bits per heavy atom. The third-order valence-corrected chi connectivity index (χ3v) is 3.76. The van der Waals surface area contributed by atoms with Gasteiger partial charge in [-0.1, -0.05) is 30.3 Å². The van der Waals surface area contributed by atoms with Crippen molar-refractivity contribution in [2.45, 2.75) is 12.5 Å². The van der Waals surface area contributed by atoms with Crippen LogP contribution in [0.4, 0.5) is 0 Å². The molecule has 0 aliphatic rings. The highest BCUT2D eigenvalue weighted by Crippen LogP contribution is 2.24. The Morgan fingerprint density at radius 2 is 1.90 bits per heavy atom. The van der Waals surface area contributed by atoms with E-state index in [0.717, 1.165) is 5.56 Å². The molecule has 0 radical (unpaired) electrons. The number of aromatic hydroxyl groups is 1. The van der Waals surface area contributed by atoms with Gasteiger partial charge >= 0.3 is 0 Å². The van der Waals surface area contributed by atoms with Crippen LogP contribution in [0.2, 0.25) is 0 Å². The number of amides is 1. The van der Waals surface area contributed by atoms with Gasteiger partial charge in [0.05, 0.1) is 17.1 Å². The van der Waals surface area contributed by atoms with Gasteiger partial charge in [0.2, 0.25) is 0 Å². The molecule has 0 heterocycles. The number of aliphatic hydroxyl groups excluding tert-OH is 1. The third kappa shape index (κ3) is 4.31. The molecule has 2 rings (SSSR count). The summed E-state index contributed by atoms with van der Waals surface area (Å²) >= 11 is 3.17. The second kappa shape index (κ2) is 7.24. The molecule has 0 saturated heterocycles. The molecule has 1 amide bonds. The molecule has 2 aromatic carbocycles. The fourth-order valence-electron chi connectivity index (χ4n) is 1.98. The van der Waals surface area contributed by atoms with Crippen LogP contribution < -0.4 is 5.32 Å². The van der Waals surface area contributed by atoms with Crippen LogP contribution >= 0.6 is 15.9 Å². The number of carbonyl (C=O) groups is 1. The first-order chi connectivity index (χ1) is 10.1. The average molecular weight is 350 g/mol. The van der Waals surface area contributed by atoms with Gasteiger partial charge in [-0.2, -0.15) is 0 Å². The van der Waals surface area contributed by atoms with Crippen LogP contribution in [0.5, 0.6) is 5.75 Å². The van der Waals surface area contributed by atoms with E-state index in [4.69, 9.17) is 0 Å². The Morgan fingerprint density at radius 3 is 2.52 bits per heavy atom. The lowest BCUT2D eigenvalue weighted by atomic mass is 10.1. The van der Waals surface area contributed by atoms with Gasteiger partial charge < -0.3 is 15.5 Å². The van der Waals surface area contributed by atoms with Crippen LogP contribution in [-0.4, -0.2) is 28.8 Å². The number of benzene rings is 2. The SMILES string of the molecule is O=C(NC(CO)Cc1ccccc1)c1ccc(Br)c(O)c1. The quantitative estimate of drug-likeness (QED) is 0.776. The molecule has 0 bridgehead atoms. The highest BCUT2D eigenvalue weighted by atomic mass is 79.9. The van der Waals surface area contributed by atoms with E-state index in [1.807, 2.05) is 30.3 Å². The van der Waals surface area contributed by atoms with E-state index in [2.05, 4.69) is 21.2 Å². The van der Waals surface area contributed by atoms with Crippen molar-refractivity contribution < 1.29 is 15.0 Å². The van der Waals surface area contributed by atoms with Crippen molar-refractivity contribution in [3.63, 3.8) is 0 Å². The number of carbonyl (C=O) groups excluding carboxylic acids is 1. The first-order valence-corrected chi connectivity index (χ1v) is 7.33. The smallest absolute Gasteiger partial charge is 0.251 e. The number of rotatable bonds is 5. The minimum Gasteiger partial charge on any atom is -0.507 e. The molecular weight excluding hydrogens is 334 g/mol. The van der Waals surface area contributed by atoms with Gasteiger partial charge in [0.25, 0.3) is 5.91 Å². The van der Waals surface area contributed by atoms with E-state index in [-0.39, 0.29) is 24.3 Å². The number of phenolic OH excluding ortho intramolecular Hbond substituents is 1. The van der Waals surface area contributed by atoms with Crippen molar-refractivity contribution >= 4 is 21.8 Å². The Bertz CT molecular complexity index is 616. The molecule has 1 unspecified atom stereocenters. The van der Waals surface area contributed by atoms with Crippen molar-refractivity contribution in [3.05, 3.63) is 64.1 Å². The molecule has 0 fully saturated rings. The summed E-state index contributed by atoms with van der Waals surface area (Å²) < 4.78 is 0.530. The molecule has 110 valence electrons. The number of hydrogen-bond acceptors (Lipinski definition) is 3. The van der Waals surface area contributed by atoms with Crippen LogP contribution in [0.1, 0.15) is 15.9 Å². The summed E-state index contributed by atoms with van der Waals surface area (Å²) in [6, 6.07) is 13.9. The zero-order chi connectivity index (χ0) is 15.2. The van der Waals surface area contributed by atoms with Gasteiger partial charge in [-0.15, -0.1) is 0 Å². The highest BCUT2D eigenvalue weighted by molar-refractivity contribution is 9.10. The molecule has 0 aliphatic heterocycles. The van der Waals surface area contributed by atoms with Gasteiger partial charge in [0.15, 0.2) is 0 Å². The lowest BCUT2D eigenvalue weighted by Crippen LogP contribution is -2.39. The summed E-state index contributed by atoms with van der Waals surface area (Å²) in [4.78, 5) is 12.1. The van der Waals surface area contributed by atoms with Crippen molar-refractivity contribution in [2.75, 3.05) is 6.61 Å². The van der Waals surface area contributed by atoms with Crippen molar-refractivity contribution in [3.8, 4) is 5.75 Å². The molecule has 5 heteroatoms. The van der Waals surface area contributed by atoms with E-state index >= 15 is 0 Å². The molecule has 4 nitrogen and oxygen atoms in total. The Balaban J connectivity index is 2.04. The summed E-state index contributed by atoms with van der Waals surface area (Å²) in [5.41, 5.74) is 1.39. The largest absolute Gasteiger partial charge is 0.507 e. The first-order valence-electron chi connectivity index (χ1n) is 6.54. The molecule has 0 spiro atoms. The van der Waals surface area contributed by atoms with Crippen LogP contribution in [0.3, 0.4) is 0 Å². The lowest BCUT2D eigenvalue weighted by Gasteiger charge is -2.16. The van der Waals surface area contributed by atoms with Gasteiger partial charge in [-0.25, -0.2) is 0 Å². The Labute approximate surface area is 131 Å². The highest BCUT2D eigenvalue weighted by Gasteiger charge is 2.14. The maximum atomic E-state index is 12.1. The summed E-state index contributed by atoms with van der Waals surface area (Å²) in [5.74, 6) is -0.320. The van der Waals surface area contributed by atoms with Gasteiger partial charge in [-0.3, -0.25) is 4.79 Å². The molecule has 0 saturated carbocycles. The van der Waals surface area contributed by atoms with E-state index in [1.54, 1.807) is 12.1 Å². The molecule has 1 atom stereocenters. The molecule has 0 aromatic heterocycles. The standard InChI is InChI=1S/C16H16BrNO3/c17-14-7-6-12(9-15(14)20)16(21)18-13(10-19)8-11-4-2-1-3-5-11/h1-7,9,13,19-20H,8,10H2,(H,18,21). The van der Waals surface area contributed by atoms with Crippen LogP contribution in [0.25, 0.3) is 0 Å². The normalized spacial score (nSPS) is 11.9. The molecular formula is C16H16BrNO3. The fraction of sp³-hybridized carbons (Fsp3) is 0.188. The van der Waals surface area contributed by atoms with Crippen LogP contribution in [-0.2, 0) is 6.42 Å². The maximum Gasteiger partial charge on any atom is 0.251 e. The Hall–Kier alpha value is -1.85. The van der Waals surface area contributed by atoms with E-state index in [9.17, 15) is 15.0 Å². The van der Waals surface area contributed by atoms with E-state index in [1.165, 1.54) is 6.07 Å². The van der Waals surface area contributed by atoms with Crippen LogP contribution in [0.15, 0.2) is 53.0 Å². The monoisotopic (exact) mass is 349 g/mol. The zero-order valence-electron chi connectivity index (χ0n) is 11.3. The van der Waals surface area contributed by atoms with Gasteiger partial charge in [0.1, 0.15) is 5.75 Å².